The highest BCUT2D eigenvalue weighted by Crippen LogP contribution is 2.18. The second kappa shape index (κ2) is 7.51. The van der Waals surface area contributed by atoms with Gasteiger partial charge in [-0.1, -0.05) is 6.07 Å². The lowest BCUT2D eigenvalue weighted by molar-refractivity contribution is 0.413. The first-order valence-electron chi connectivity index (χ1n) is 7.05. The molecule has 0 radical (unpaired) electrons. The van der Waals surface area contributed by atoms with Gasteiger partial charge in [0, 0.05) is 19.0 Å². The molecule has 2 aromatic rings. The van der Waals surface area contributed by atoms with Crippen molar-refractivity contribution in [3.8, 4) is 11.8 Å². The highest BCUT2D eigenvalue weighted by atomic mass is 16.5. The molecule has 0 saturated heterocycles. The third-order valence-corrected chi connectivity index (χ3v) is 3.44. The van der Waals surface area contributed by atoms with Crippen molar-refractivity contribution in [3.05, 3.63) is 53.5 Å². The van der Waals surface area contributed by atoms with Crippen LogP contribution < -0.4 is 10.1 Å². The first-order valence-corrected chi connectivity index (χ1v) is 7.05. The molecule has 1 unspecified atom stereocenters. The number of nitriles is 1. The van der Waals surface area contributed by atoms with Gasteiger partial charge in [0.1, 0.15) is 17.6 Å². The minimum absolute atomic E-state index is 0.378. The van der Waals surface area contributed by atoms with E-state index in [-0.39, 0.29) is 0 Å². The summed E-state index contributed by atoms with van der Waals surface area (Å²) < 4.78 is 10.5. The summed E-state index contributed by atoms with van der Waals surface area (Å²) in [5.74, 6) is 1.63. The molecule has 1 aromatic heterocycles. The predicted octanol–water partition coefficient (Wildman–Crippen LogP) is 3.27. The van der Waals surface area contributed by atoms with E-state index in [0.717, 1.165) is 30.7 Å². The zero-order valence-electron chi connectivity index (χ0n) is 12.4. The third kappa shape index (κ3) is 4.37. The van der Waals surface area contributed by atoms with Crippen LogP contribution in [0.4, 0.5) is 0 Å². The Hall–Kier alpha value is -2.25. The Balaban J connectivity index is 1.83. The van der Waals surface area contributed by atoms with E-state index in [1.165, 1.54) is 0 Å². The van der Waals surface area contributed by atoms with Gasteiger partial charge < -0.3 is 14.5 Å². The molecule has 2 rings (SSSR count). The Labute approximate surface area is 125 Å². The number of nitrogens with zero attached hydrogens (tertiary/aromatic N) is 1. The summed E-state index contributed by atoms with van der Waals surface area (Å²) in [5, 5.41) is 12.5. The predicted molar refractivity (Wildman–Crippen MR) is 81.0 cm³/mol. The van der Waals surface area contributed by atoms with Crippen LogP contribution in [0, 0.1) is 11.3 Å². The van der Waals surface area contributed by atoms with Gasteiger partial charge in [-0.3, -0.25) is 0 Å². The number of rotatable bonds is 7. The molecule has 0 fully saturated rings. The average molecular weight is 284 g/mol. The summed E-state index contributed by atoms with van der Waals surface area (Å²) in [4.78, 5) is 0. The maximum atomic E-state index is 9.08. The Morgan fingerprint density at radius 3 is 2.90 bits per heavy atom. The summed E-state index contributed by atoms with van der Waals surface area (Å²) in [6, 6.07) is 12.1. The van der Waals surface area contributed by atoms with Crippen LogP contribution in [0.15, 0.2) is 41.0 Å². The molecular formula is C17H20N2O2. The highest BCUT2D eigenvalue weighted by Gasteiger charge is 2.06. The lowest BCUT2D eigenvalue weighted by Crippen LogP contribution is -2.25. The van der Waals surface area contributed by atoms with Gasteiger partial charge in [-0.15, -0.1) is 0 Å². The van der Waals surface area contributed by atoms with Crippen LogP contribution in [0.2, 0.25) is 0 Å². The summed E-state index contributed by atoms with van der Waals surface area (Å²) in [7, 11) is 1.57. The number of hydrogen-bond acceptors (Lipinski definition) is 4. The highest BCUT2D eigenvalue weighted by molar-refractivity contribution is 5.45. The first kappa shape index (κ1) is 15.1. The molecule has 0 bridgehead atoms. The van der Waals surface area contributed by atoms with E-state index in [1.807, 2.05) is 30.3 Å². The van der Waals surface area contributed by atoms with Crippen molar-refractivity contribution < 1.29 is 9.15 Å². The molecule has 1 aromatic carbocycles. The molecule has 1 N–H and O–H groups in total. The fourth-order valence-corrected chi connectivity index (χ4v) is 2.16. The van der Waals surface area contributed by atoms with Gasteiger partial charge in [0.25, 0.3) is 0 Å². The smallest absolute Gasteiger partial charge is 0.136 e. The Kier molecular flexibility index (Phi) is 5.42. The minimum atomic E-state index is 0.378. The van der Waals surface area contributed by atoms with Crippen LogP contribution in [-0.4, -0.2) is 13.2 Å². The zero-order chi connectivity index (χ0) is 15.1. The van der Waals surface area contributed by atoms with E-state index in [0.29, 0.717) is 17.4 Å². The number of ether oxygens (including phenoxy) is 1. The van der Waals surface area contributed by atoms with Crippen molar-refractivity contribution in [2.45, 2.75) is 32.4 Å². The summed E-state index contributed by atoms with van der Waals surface area (Å²) in [6.07, 6.45) is 3.64. The number of nitrogens with one attached hydrogen (secondary N) is 1. The molecule has 110 valence electrons. The quantitative estimate of drug-likeness (QED) is 0.847. The van der Waals surface area contributed by atoms with Crippen molar-refractivity contribution in [1.29, 1.82) is 5.26 Å². The van der Waals surface area contributed by atoms with Gasteiger partial charge in [-0.05, 0) is 43.2 Å². The molecule has 0 amide bonds. The average Bonchev–Trinajstić information content (AvgIpc) is 3.04. The van der Waals surface area contributed by atoms with Crippen LogP contribution in [-0.2, 0) is 13.0 Å². The standard InChI is InChI=1S/C17H20N2O2/c1-13(5-7-16-4-3-9-21-16)19-12-14-6-8-17(20-2)15(10-14)11-18/h3-4,6,8-10,13,19H,5,7,12H2,1-2H3. The molecule has 4 nitrogen and oxygen atoms in total. The molecular weight excluding hydrogens is 264 g/mol. The molecule has 4 heteroatoms. The maximum Gasteiger partial charge on any atom is 0.136 e. The Bertz CT molecular complexity index is 600. The van der Waals surface area contributed by atoms with E-state index in [4.69, 9.17) is 14.4 Å². The largest absolute Gasteiger partial charge is 0.495 e. The number of hydrogen-bond donors (Lipinski definition) is 1. The van der Waals surface area contributed by atoms with E-state index < -0.39 is 0 Å². The lowest BCUT2D eigenvalue weighted by Gasteiger charge is -2.13. The number of aryl methyl sites for hydroxylation is 1. The molecule has 0 spiro atoms. The van der Waals surface area contributed by atoms with Gasteiger partial charge in [0.15, 0.2) is 0 Å². The van der Waals surface area contributed by atoms with Crippen molar-refractivity contribution in [2.24, 2.45) is 0 Å². The minimum Gasteiger partial charge on any atom is -0.495 e. The molecule has 0 saturated carbocycles. The molecule has 1 heterocycles. The van der Waals surface area contributed by atoms with Gasteiger partial charge in [0.05, 0.1) is 18.9 Å². The van der Waals surface area contributed by atoms with Crippen molar-refractivity contribution in [1.82, 2.24) is 5.32 Å². The van der Waals surface area contributed by atoms with Crippen LogP contribution >= 0.6 is 0 Å². The lowest BCUT2D eigenvalue weighted by atomic mass is 10.1. The van der Waals surface area contributed by atoms with Crippen LogP contribution in [0.3, 0.4) is 0 Å². The number of furan rings is 1. The molecule has 0 aliphatic rings. The molecule has 0 aliphatic carbocycles. The number of methoxy groups -OCH3 is 1. The van der Waals surface area contributed by atoms with Gasteiger partial charge in [-0.25, -0.2) is 0 Å². The Morgan fingerprint density at radius 1 is 1.38 bits per heavy atom. The molecule has 21 heavy (non-hydrogen) atoms. The van der Waals surface area contributed by atoms with Crippen LogP contribution in [0.25, 0.3) is 0 Å². The van der Waals surface area contributed by atoms with Crippen LogP contribution in [0.1, 0.15) is 30.2 Å². The topological polar surface area (TPSA) is 58.2 Å². The van der Waals surface area contributed by atoms with Gasteiger partial charge in [0.2, 0.25) is 0 Å². The second-order valence-corrected chi connectivity index (χ2v) is 5.05. The van der Waals surface area contributed by atoms with Crippen molar-refractivity contribution >= 4 is 0 Å². The summed E-state index contributed by atoms with van der Waals surface area (Å²) in [5.41, 5.74) is 1.65. The number of benzene rings is 1. The fraction of sp³-hybridized carbons (Fsp3) is 0.353. The fourth-order valence-electron chi connectivity index (χ4n) is 2.16. The van der Waals surface area contributed by atoms with E-state index in [9.17, 15) is 0 Å². The van der Waals surface area contributed by atoms with E-state index >= 15 is 0 Å². The zero-order valence-corrected chi connectivity index (χ0v) is 12.4. The van der Waals surface area contributed by atoms with E-state index in [2.05, 4.69) is 18.3 Å². The monoisotopic (exact) mass is 284 g/mol. The first-order chi connectivity index (χ1) is 10.2. The summed E-state index contributed by atoms with van der Waals surface area (Å²) >= 11 is 0. The van der Waals surface area contributed by atoms with Gasteiger partial charge in [-0.2, -0.15) is 5.26 Å². The second-order valence-electron chi connectivity index (χ2n) is 5.05. The van der Waals surface area contributed by atoms with E-state index in [1.54, 1.807) is 13.4 Å². The SMILES string of the molecule is COc1ccc(CNC(C)CCc2ccco2)cc1C#N. The normalized spacial score (nSPS) is 11.9. The summed E-state index contributed by atoms with van der Waals surface area (Å²) in [6.45, 7) is 2.88. The van der Waals surface area contributed by atoms with Crippen LogP contribution in [0.5, 0.6) is 5.75 Å². The van der Waals surface area contributed by atoms with Crippen molar-refractivity contribution in [3.63, 3.8) is 0 Å². The Morgan fingerprint density at radius 2 is 2.24 bits per heavy atom. The third-order valence-electron chi connectivity index (χ3n) is 3.44. The van der Waals surface area contributed by atoms with Crippen molar-refractivity contribution in [2.75, 3.05) is 7.11 Å². The molecule has 0 aliphatic heterocycles. The molecule has 1 atom stereocenters. The maximum absolute atomic E-state index is 9.08. The van der Waals surface area contributed by atoms with Gasteiger partial charge >= 0.3 is 0 Å².